The van der Waals surface area contributed by atoms with Gasteiger partial charge < -0.3 is 19.9 Å². The van der Waals surface area contributed by atoms with E-state index in [0.717, 1.165) is 53.3 Å². The summed E-state index contributed by atoms with van der Waals surface area (Å²) in [6.45, 7) is 6.50. The Bertz CT molecular complexity index is 1120. The molecule has 0 bridgehead atoms. The van der Waals surface area contributed by atoms with Crippen LogP contribution in [-0.4, -0.2) is 61.6 Å². The Hall–Kier alpha value is -2.71. The van der Waals surface area contributed by atoms with Gasteiger partial charge in [0.1, 0.15) is 22.7 Å². The third-order valence-corrected chi connectivity index (χ3v) is 7.80. The second-order valence-corrected chi connectivity index (χ2v) is 10.1. The largest absolute Gasteiger partial charge is 0.497 e. The standard InChI is InChI=1S/C25H33N5O2S/c1-16-17(2)33-25-22(16)23(27-15-28-25)30-11-9-18(10-12-30)24(31)26-14-21(29(3)4)19-7-6-8-20(13-19)32-5/h6-8,13,15,18,21H,9-12,14H2,1-5H3,(H,26,31). The number of aryl methyl sites for hydroxylation is 2. The van der Waals surface area contributed by atoms with E-state index in [1.54, 1.807) is 24.8 Å². The summed E-state index contributed by atoms with van der Waals surface area (Å²) in [5.74, 6) is 2.00. The molecule has 1 unspecified atom stereocenters. The van der Waals surface area contributed by atoms with Crippen LogP contribution in [0.15, 0.2) is 30.6 Å². The van der Waals surface area contributed by atoms with Crippen molar-refractivity contribution >= 4 is 33.3 Å². The Labute approximate surface area is 199 Å². The lowest BCUT2D eigenvalue weighted by molar-refractivity contribution is -0.125. The number of nitrogens with zero attached hydrogens (tertiary/aromatic N) is 4. The highest BCUT2D eigenvalue weighted by Gasteiger charge is 2.28. The maximum Gasteiger partial charge on any atom is 0.223 e. The molecule has 1 aliphatic heterocycles. The maximum absolute atomic E-state index is 13.0. The molecule has 1 aromatic carbocycles. The second kappa shape index (κ2) is 10.1. The second-order valence-electron chi connectivity index (χ2n) is 8.92. The number of carbonyl (C=O) groups excluding carboxylic acids is 1. The van der Waals surface area contributed by atoms with Gasteiger partial charge in [-0.15, -0.1) is 11.3 Å². The molecule has 33 heavy (non-hydrogen) atoms. The third kappa shape index (κ3) is 4.96. The molecule has 1 saturated heterocycles. The zero-order valence-corrected chi connectivity index (χ0v) is 20.9. The molecule has 2 aromatic heterocycles. The van der Waals surface area contributed by atoms with Gasteiger partial charge in [0.15, 0.2) is 0 Å². The van der Waals surface area contributed by atoms with Crippen molar-refractivity contribution < 1.29 is 9.53 Å². The van der Waals surface area contributed by atoms with Crippen molar-refractivity contribution in [2.24, 2.45) is 5.92 Å². The van der Waals surface area contributed by atoms with E-state index in [-0.39, 0.29) is 17.9 Å². The first-order chi connectivity index (χ1) is 15.9. The number of aromatic nitrogens is 2. The summed E-state index contributed by atoms with van der Waals surface area (Å²) < 4.78 is 5.37. The van der Waals surface area contributed by atoms with Crippen LogP contribution in [-0.2, 0) is 4.79 Å². The topological polar surface area (TPSA) is 70.6 Å². The van der Waals surface area contributed by atoms with Gasteiger partial charge in [-0.3, -0.25) is 4.79 Å². The molecule has 1 N–H and O–H groups in total. The number of anilines is 1. The van der Waals surface area contributed by atoms with E-state index in [9.17, 15) is 4.79 Å². The van der Waals surface area contributed by atoms with Crippen LogP contribution in [0.1, 0.15) is 34.9 Å². The van der Waals surface area contributed by atoms with Crippen molar-refractivity contribution in [3.8, 4) is 5.75 Å². The molecule has 3 heterocycles. The summed E-state index contributed by atoms with van der Waals surface area (Å²) in [4.78, 5) is 28.8. The number of carbonyl (C=O) groups is 1. The number of methoxy groups -OCH3 is 1. The summed E-state index contributed by atoms with van der Waals surface area (Å²) in [6, 6.07) is 8.12. The first-order valence-corrected chi connectivity index (χ1v) is 12.2. The molecular formula is C25H33N5O2S. The van der Waals surface area contributed by atoms with E-state index in [1.165, 1.54) is 10.4 Å². The lowest BCUT2D eigenvalue weighted by atomic mass is 9.95. The molecule has 176 valence electrons. The molecule has 4 rings (SSSR count). The highest BCUT2D eigenvalue weighted by atomic mass is 32.1. The predicted octanol–water partition coefficient (Wildman–Crippen LogP) is 3.95. The fraction of sp³-hybridized carbons (Fsp3) is 0.480. The lowest BCUT2D eigenvalue weighted by Gasteiger charge is -2.33. The zero-order valence-electron chi connectivity index (χ0n) is 20.1. The number of fused-ring (bicyclic) bond motifs is 1. The maximum atomic E-state index is 13.0. The number of thiophene rings is 1. The molecule has 3 aromatic rings. The van der Waals surface area contributed by atoms with Gasteiger partial charge in [-0.25, -0.2) is 9.97 Å². The highest BCUT2D eigenvalue weighted by molar-refractivity contribution is 7.18. The molecule has 8 heteroatoms. The smallest absolute Gasteiger partial charge is 0.223 e. The van der Waals surface area contributed by atoms with Crippen molar-refractivity contribution in [2.75, 3.05) is 45.7 Å². The highest BCUT2D eigenvalue weighted by Crippen LogP contribution is 2.35. The van der Waals surface area contributed by atoms with Gasteiger partial charge in [0.25, 0.3) is 0 Å². The minimum atomic E-state index is 0.0250. The number of hydrogen-bond donors (Lipinski definition) is 1. The molecule has 1 aliphatic rings. The minimum absolute atomic E-state index is 0.0250. The Morgan fingerprint density at radius 2 is 2.03 bits per heavy atom. The van der Waals surface area contributed by atoms with E-state index in [2.05, 4.69) is 45.0 Å². The van der Waals surface area contributed by atoms with Crippen molar-refractivity contribution in [3.05, 3.63) is 46.6 Å². The molecule has 0 spiro atoms. The van der Waals surface area contributed by atoms with Gasteiger partial charge in [0.2, 0.25) is 5.91 Å². The summed E-state index contributed by atoms with van der Waals surface area (Å²) in [6.07, 6.45) is 3.31. The Balaban J connectivity index is 1.37. The average Bonchev–Trinajstić information content (AvgIpc) is 3.12. The van der Waals surface area contributed by atoms with Crippen LogP contribution in [0.5, 0.6) is 5.75 Å². The summed E-state index contributed by atoms with van der Waals surface area (Å²) in [5, 5.41) is 4.36. The monoisotopic (exact) mass is 467 g/mol. The van der Waals surface area contributed by atoms with E-state index in [0.29, 0.717) is 6.54 Å². The average molecular weight is 468 g/mol. The zero-order chi connectivity index (χ0) is 23.5. The third-order valence-electron chi connectivity index (χ3n) is 6.68. The van der Waals surface area contributed by atoms with E-state index >= 15 is 0 Å². The van der Waals surface area contributed by atoms with Crippen LogP contribution in [0.4, 0.5) is 5.82 Å². The van der Waals surface area contributed by atoms with E-state index in [1.807, 2.05) is 32.3 Å². The number of amides is 1. The van der Waals surface area contributed by atoms with Crippen LogP contribution < -0.4 is 15.0 Å². The Kier molecular flexibility index (Phi) is 7.14. The van der Waals surface area contributed by atoms with Gasteiger partial charge in [-0.05, 0) is 64.0 Å². The lowest BCUT2D eigenvalue weighted by Crippen LogP contribution is -2.43. The molecule has 1 amide bonds. The van der Waals surface area contributed by atoms with Gasteiger partial charge in [0.05, 0.1) is 18.5 Å². The number of nitrogens with one attached hydrogen (secondary N) is 1. The SMILES string of the molecule is COc1cccc(C(CNC(=O)C2CCN(c3ncnc4sc(C)c(C)c34)CC2)N(C)C)c1. The van der Waals surface area contributed by atoms with Gasteiger partial charge in [0, 0.05) is 30.4 Å². The van der Waals surface area contributed by atoms with Crippen molar-refractivity contribution in [2.45, 2.75) is 32.7 Å². The first kappa shape index (κ1) is 23.4. The van der Waals surface area contributed by atoms with Gasteiger partial charge in [-0.1, -0.05) is 12.1 Å². The van der Waals surface area contributed by atoms with E-state index < -0.39 is 0 Å². The number of hydrogen-bond acceptors (Lipinski definition) is 7. The Morgan fingerprint density at radius 3 is 2.73 bits per heavy atom. The van der Waals surface area contributed by atoms with Crippen molar-refractivity contribution in [1.82, 2.24) is 20.2 Å². The molecule has 0 saturated carbocycles. The first-order valence-electron chi connectivity index (χ1n) is 11.4. The van der Waals surface area contributed by atoms with Crippen LogP contribution in [0.2, 0.25) is 0 Å². The van der Waals surface area contributed by atoms with Gasteiger partial charge in [-0.2, -0.15) is 0 Å². The molecule has 1 atom stereocenters. The normalized spacial score (nSPS) is 15.8. The molecule has 0 radical (unpaired) electrons. The van der Waals surface area contributed by atoms with Crippen molar-refractivity contribution in [1.29, 1.82) is 0 Å². The molecular weight excluding hydrogens is 434 g/mol. The Morgan fingerprint density at radius 1 is 1.27 bits per heavy atom. The number of benzene rings is 1. The molecule has 1 fully saturated rings. The summed E-state index contributed by atoms with van der Waals surface area (Å²) >= 11 is 1.72. The van der Waals surface area contributed by atoms with Gasteiger partial charge >= 0.3 is 0 Å². The quantitative estimate of drug-likeness (QED) is 0.567. The van der Waals surface area contributed by atoms with E-state index in [4.69, 9.17) is 4.74 Å². The fourth-order valence-electron chi connectivity index (χ4n) is 4.55. The van der Waals surface area contributed by atoms with Crippen LogP contribution in [0.3, 0.4) is 0 Å². The number of ether oxygens (including phenoxy) is 1. The number of rotatable bonds is 7. The van der Waals surface area contributed by atoms with Crippen LogP contribution >= 0.6 is 11.3 Å². The predicted molar refractivity (Wildman–Crippen MR) is 134 cm³/mol. The van der Waals surface area contributed by atoms with Crippen molar-refractivity contribution in [3.63, 3.8) is 0 Å². The number of piperidine rings is 1. The van der Waals surface area contributed by atoms with Crippen LogP contribution in [0, 0.1) is 19.8 Å². The molecule has 0 aliphatic carbocycles. The summed E-state index contributed by atoms with van der Waals surface area (Å²) in [7, 11) is 5.74. The molecule has 7 nitrogen and oxygen atoms in total. The number of likely N-dealkylation sites (N-methyl/N-ethyl adjacent to an activating group) is 1. The summed E-state index contributed by atoms with van der Waals surface area (Å²) in [5.41, 5.74) is 2.39. The van der Waals surface area contributed by atoms with Crippen LogP contribution in [0.25, 0.3) is 10.2 Å². The minimum Gasteiger partial charge on any atom is -0.497 e. The fourth-order valence-corrected chi connectivity index (χ4v) is 5.54.